The van der Waals surface area contributed by atoms with Crippen LogP contribution in [-0.2, 0) is 23.9 Å². The lowest BCUT2D eigenvalue weighted by molar-refractivity contribution is -0.274. The first-order valence-corrected chi connectivity index (χ1v) is 13.2. The van der Waals surface area contributed by atoms with E-state index >= 15 is 0 Å². The van der Waals surface area contributed by atoms with Gasteiger partial charge in [0, 0.05) is 30.6 Å². The normalized spacial score (nSPS) is 44.5. The molecular formula is C28H42O7. The smallest absolute Gasteiger partial charge is 0.306 e. The van der Waals surface area contributed by atoms with Crippen molar-refractivity contribution in [3.8, 4) is 0 Å². The second-order valence-corrected chi connectivity index (χ2v) is 12.4. The number of hydrogen-bond acceptors (Lipinski definition) is 7. The highest BCUT2D eigenvalue weighted by molar-refractivity contribution is 5.80. The Morgan fingerprint density at radius 2 is 1.80 bits per heavy atom. The van der Waals surface area contributed by atoms with Gasteiger partial charge in [0.25, 0.3) is 0 Å². The van der Waals surface area contributed by atoms with Crippen LogP contribution in [0.4, 0.5) is 0 Å². The number of carbonyl (C=O) groups excluding carboxylic acids is 3. The summed E-state index contributed by atoms with van der Waals surface area (Å²) in [5, 5.41) is 22.9. The number of rotatable bonds is 5. The highest BCUT2D eigenvalue weighted by Gasteiger charge is 2.75. The minimum absolute atomic E-state index is 0.0506. The van der Waals surface area contributed by atoms with Gasteiger partial charge in [0.1, 0.15) is 18.0 Å². The Morgan fingerprint density at radius 3 is 2.40 bits per heavy atom. The van der Waals surface area contributed by atoms with Gasteiger partial charge >= 0.3 is 11.9 Å². The molecule has 0 aromatic rings. The number of fused-ring (bicyclic) bond motifs is 5. The van der Waals surface area contributed by atoms with Crippen molar-refractivity contribution < 1.29 is 34.1 Å². The molecule has 4 aliphatic carbocycles. The minimum atomic E-state index is -1.25. The van der Waals surface area contributed by atoms with Crippen LogP contribution in [0.15, 0.2) is 11.6 Å². The first-order chi connectivity index (χ1) is 16.3. The van der Waals surface area contributed by atoms with E-state index in [1.807, 2.05) is 20.8 Å². The number of ketones is 1. The average Bonchev–Trinajstić information content (AvgIpc) is 3.02. The highest BCUT2D eigenvalue weighted by atomic mass is 16.6. The van der Waals surface area contributed by atoms with Crippen LogP contribution in [0, 0.1) is 34.5 Å². The Kier molecular flexibility index (Phi) is 6.76. The molecule has 2 N–H and O–H groups in total. The Bertz CT molecular complexity index is 924. The SMILES string of the molecule is CC(=O)O[C@@H]1[C@@H](OC(=O)CC(C)C)[C@@H]2[C@@H](CC=C3C[C@@H](O)CC[C@@]32C)[C@@]2(O)CC[C@H](C(C)=O)[C@@]12C. The maximum atomic E-state index is 13.1. The number of allylic oxidation sites excluding steroid dienone is 1. The largest absolute Gasteiger partial charge is 0.458 e. The fraction of sp³-hybridized carbons (Fsp3) is 0.821. The van der Waals surface area contributed by atoms with Gasteiger partial charge in [-0.2, -0.15) is 0 Å². The molecule has 9 atom stereocenters. The van der Waals surface area contributed by atoms with Crippen LogP contribution in [0.25, 0.3) is 0 Å². The van der Waals surface area contributed by atoms with Gasteiger partial charge in [-0.1, -0.05) is 39.3 Å². The summed E-state index contributed by atoms with van der Waals surface area (Å²) < 4.78 is 12.2. The average molecular weight is 491 g/mol. The summed E-state index contributed by atoms with van der Waals surface area (Å²) in [5.74, 6) is -1.89. The predicted molar refractivity (Wildman–Crippen MR) is 129 cm³/mol. The fourth-order valence-corrected chi connectivity index (χ4v) is 8.31. The molecule has 0 unspecified atom stereocenters. The van der Waals surface area contributed by atoms with Crippen LogP contribution in [-0.4, -0.2) is 51.8 Å². The van der Waals surface area contributed by atoms with Crippen molar-refractivity contribution in [2.45, 2.75) is 110 Å². The third kappa shape index (κ3) is 3.97. The van der Waals surface area contributed by atoms with Crippen LogP contribution in [0.2, 0.25) is 0 Å². The van der Waals surface area contributed by atoms with Gasteiger partial charge in [0.05, 0.1) is 11.7 Å². The van der Waals surface area contributed by atoms with Crippen molar-refractivity contribution in [1.82, 2.24) is 0 Å². The summed E-state index contributed by atoms with van der Waals surface area (Å²) in [6.07, 6.45) is 3.61. The Labute approximate surface area is 208 Å². The highest BCUT2D eigenvalue weighted by Crippen LogP contribution is 2.69. The number of aliphatic hydroxyl groups is 2. The molecule has 0 amide bonds. The lowest BCUT2D eigenvalue weighted by Gasteiger charge is -2.64. The van der Waals surface area contributed by atoms with E-state index in [-0.39, 0.29) is 35.9 Å². The zero-order valence-corrected chi connectivity index (χ0v) is 22.0. The first kappa shape index (κ1) is 26.3. The molecule has 0 aromatic heterocycles. The monoisotopic (exact) mass is 490 g/mol. The number of ether oxygens (including phenoxy) is 2. The number of esters is 2. The zero-order valence-electron chi connectivity index (χ0n) is 22.0. The molecule has 0 radical (unpaired) electrons. The molecule has 196 valence electrons. The lowest BCUT2D eigenvalue weighted by atomic mass is 9.44. The van der Waals surface area contributed by atoms with Gasteiger partial charge < -0.3 is 19.7 Å². The quantitative estimate of drug-likeness (QED) is 0.446. The molecule has 4 rings (SSSR count). The summed E-state index contributed by atoms with van der Waals surface area (Å²) in [4.78, 5) is 38.4. The number of carbonyl (C=O) groups is 3. The van der Waals surface area contributed by atoms with Crippen molar-refractivity contribution in [2.24, 2.45) is 34.5 Å². The van der Waals surface area contributed by atoms with Gasteiger partial charge in [0.2, 0.25) is 0 Å². The van der Waals surface area contributed by atoms with E-state index in [0.29, 0.717) is 38.5 Å². The van der Waals surface area contributed by atoms with Gasteiger partial charge in [-0.3, -0.25) is 14.4 Å². The second-order valence-electron chi connectivity index (χ2n) is 12.4. The van der Waals surface area contributed by atoms with Crippen LogP contribution in [0.3, 0.4) is 0 Å². The molecule has 0 saturated heterocycles. The summed E-state index contributed by atoms with van der Waals surface area (Å²) in [5.41, 5.74) is -1.63. The third-order valence-corrected chi connectivity index (χ3v) is 9.93. The summed E-state index contributed by atoms with van der Waals surface area (Å²) in [6, 6.07) is 0. The Hall–Kier alpha value is -1.73. The van der Waals surface area contributed by atoms with Crippen molar-refractivity contribution in [1.29, 1.82) is 0 Å². The fourth-order valence-electron chi connectivity index (χ4n) is 8.31. The van der Waals surface area contributed by atoms with Crippen LogP contribution in [0.5, 0.6) is 0 Å². The molecule has 7 nitrogen and oxygen atoms in total. The standard InChI is InChI=1S/C28H42O7/c1-15(2)13-22(32)35-24-23-21(8-7-18-14-19(31)9-11-26(18,23)5)28(33)12-10-20(16(3)29)27(28,6)25(24)34-17(4)30/h7,15,19-21,23-25,31,33H,8-14H2,1-6H3/t19-,20+,21+,23-,24-,25+,26-,27-,28-/m0/s1. The van der Waals surface area contributed by atoms with Gasteiger partial charge in [-0.05, 0) is 62.7 Å². The zero-order chi connectivity index (χ0) is 25.9. The molecule has 0 bridgehead atoms. The van der Waals surface area contributed by atoms with Crippen LogP contribution >= 0.6 is 0 Å². The van der Waals surface area contributed by atoms with Crippen molar-refractivity contribution in [3.05, 3.63) is 11.6 Å². The third-order valence-electron chi connectivity index (χ3n) is 9.93. The first-order valence-electron chi connectivity index (χ1n) is 13.2. The number of aliphatic hydroxyl groups excluding tert-OH is 1. The van der Waals surface area contributed by atoms with Crippen LogP contribution < -0.4 is 0 Å². The number of Topliss-reactive ketones (excluding diaryl/α,β-unsaturated/α-hetero) is 1. The van der Waals surface area contributed by atoms with E-state index in [1.165, 1.54) is 13.8 Å². The van der Waals surface area contributed by atoms with E-state index in [1.54, 1.807) is 0 Å². The lowest BCUT2D eigenvalue weighted by Crippen LogP contribution is -2.72. The minimum Gasteiger partial charge on any atom is -0.458 e. The predicted octanol–water partition coefficient (Wildman–Crippen LogP) is 3.74. The molecule has 3 fully saturated rings. The molecule has 4 aliphatic rings. The summed E-state index contributed by atoms with van der Waals surface area (Å²) in [6.45, 7) is 10.7. The van der Waals surface area contributed by atoms with E-state index in [0.717, 1.165) is 5.57 Å². The van der Waals surface area contributed by atoms with Crippen LogP contribution in [0.1, 0.15) is 86.5 Å². The summed E-state index contributed by atoms with van der Waals surface area (Å²) in [7, 11) is 0. The topological polar surface area (TPSA) is 110 Å². The molecule has 35 heavy (non-hydrogen) atoms. The van der Waals surface area contributed by atoms with Crippen molar-refractivity contribution in [3.63, 3.8) is 0 Å². The van der Waals surface area contributed by atoms with Gasteiger partial charge in [0.15, 0.2) is 0 Å². The maximum Gasteiger partial charge on any atom is 0.306 e. The molecular weight excluding hydrogens is 448 g/mol. The second kappa shape index (κ2) is 8.98. The maximum absolute atomic E-state index is 13.1. The summed E-state index contributed by atoms with van der Waals surface area (Å²) >= 11 is 0. The van der Waals surface area contributed by atoms with Gasteiger partial charge in [-0.15, -0.1) is 0 Å². The molecule has 0 aliphatic heterocycles. The molecule has 3 saturated carbocycles. The number of hydrogen-bond donors (Lipinski definition) is 2. The molecule has 0 aromatic carbocycles. The molecule has 0 heterocycles. The molecule has 0 spiro atoms. The van der Waals surface area contributed by atoms with Crippen molar-refractivity contribution in [2.75, 3.05) is 0 Å². The van der Waals surface area contributed by atoms with Gasteiger partial charge in [-0.25, -0.2) is 0 Å². The Balaban J connectivity index is 1.90. The van der Waals surface area contributed by atoms with E-state index in [4.69, 9.17) is 9.47 Å². The van der Waals surface area contributed by atoms with Crippen molar-refractivity contribution >= 4 is 17.7 Å². The molecule has 7 heteroatoms. The Morgan fingerprint density at radius 1 is 1.11 bits per heavy atom. The van der Waals surface area contributed by atoms with E-state index in [2.05, 4.69) is 13.0 Å². The van der Waals surface area contributed by atoms with E-state index in [9.17, 15) is 24.6 Å². The van der Waals surface area contributed by atoms with E-state index < -0.39 is 46.6 Å².